The standard InChI is InChI=1S/C5H9IN4O/c1-3-5(7)10(11)4(2)8-9-6/h7H,3H2,1-2H3/b7-5?,9-8?,10-4-. The zero-order valence-electron chi connectivity index (χ0n) is 6.33. The number of nitrogens with zero attached hydrogens (tertiary/aromatic N) is 3. The van der Waals surface area contributed by atoms with Crippen LogP contribution < -0.4 is 0 Å². The van der Waals surface area contributed by atoms with Crippen LogP contribution in [0.1, 0.15) is 20.3 Å². The highest BCUT2D eigenvalue weighted by atomic mass is 127. The van der Waals surface area contributed by atoms with Crippen LogP contribution in [0.4, 0.5) is 0 Å². The second-order valence-corrected chi connectivity index (χ2v) is 2.25. The van der Waals surface area contributed by atoms with E-state index in [1.165, 1.54) is 6.92 Å². The van der Waals surface area contributed by atoms with Crippen LogP contribution in [-0.4, -0.2) is 16.4 Å². The Bertz CT molecular complexity index is 211. The molecule has 0 aromatic carbocycles. The molecule has 0 fully saturated rings. The summed E-state index contributed by atoms with van der Waals surface area (Å²) in [7, 11) is 0. The molecular weight excluding hydrogens is 259 g/mol. The summed E-state index contributed by atoms with van der Waals surface area (Å²) in [5.74, 6) is 0.178. The van der Waals surface area contributed by atoms with Crippen molar-refractivity contribution < 1.29 is 4.74 Å². The largest absolute Gasteiger partial charge is 0.740 e. The molecule has 0 aliphatic carbocycles. The molecule has 0 aliphatic heterocycles. The van der Waals surface area contributed by atoms with Gasteiger partial charge in [-0.25, -0.2) is 4.74 Å². The van der Waals surface area contributed by atoms with E-state index in [9.17, 15) is 5.21 Å². The van der Waals surface area contributed by atoms with E-state index in [1.807, 2.05) is 0 Å². The number of rotatable bonds is 1. The maximum atomic E-state index is 11.0. The fraction of sp³-hybridized carbons (Fsp3) is 0.600. The summed E-state index contributed by atoms with van der Waals surface area (Å²) >= 11 is 1.67. The van der Waals surface area contributed by atoms with Crippen molar-refractivity contribution >= 4 is 34.5 Å². The summed E-state index contributed by atoms with van der Waals surface area (Å²) in [5, 5.41) is 21.6. The van der Waals surface area contributed by atoms with Gasteiger partial charge in [0.25, 0.3) is 5.84 Å². The minimum absolute atomic E-state index is 0.00806. The van der Waals surface area contributed by atoms with E-state index in [4.69, 9.17) is 5.41 Å². The zero-order chi connectivity index (χ0) is 8.85. The Morgan fingerprint density at radius 2 is 2.27 bits per heavy atom. The molecule has 0 bridgehead atoms. The first-order valence-corrected chi connectivity index (χ1v) is 4.00. The maximum absolute atomic E-state index is 11.0. The highest BCUT2D eigenvalue weighted by molar-refractivity contribution is 14.1. The summed E-state index contributed by atoms with van der Waals surface area (Å²) < 4.78 is 3.85. The molecule has 0 saturated carbocycles. The van der Waals surface area contributed by atoms with Crippen LogP contribution in [-0.2, 0) is 0 Å². The molecule has 0 saturated heterocycles. The second-order valence-electron chi connectivity index (χ2n) is 1.82. The summed E-state index contributed by atoms with van der Waals surface area (Å²) in [4.78, 5) is 0. The third kappa shape index (κ3) is 3.40. The van der Waals surface area contributed by atoms with Crippen molar-refractivity contribution in [3.05, 3.63) is 5.21 Å². The van der Waals surface area contributed by atoms with Crippen molar-refractivity contribution in [1.29, 1.82) is 5.41 Å². The molecule has 5 nitrogen and oxygen atoms in total. The molecule has 11 heavy (non-hydrogen) atoms. The van der Waals surface area contributed by atoms with E-state index in [1.54, 1.807) is 29.8 Å². The molecular formula is C5H9IN4O. The Morgan fingerprint density at radius 3 is 2.64 bits per heavy atom. The van der Waals surface area contributed by atoms with Crippen LogP contribution in [0.25, 0.3) is 0 Å². The molecule has 0 radical (unpaired) electrons. The molecule has 0 aromatic heterocycles. The van der Waals surface area contributed by atoms with Crippen LogP contribution in [0.2, 0.25) is 0 Å². The number of halogens is 1. The van der Waals surface area contributed by atoms with Crippen LogP contribution in [0.5, 0.6) is 0 Å². The maximum Gasteiger partial charge on any atom is 0.262 e. The number of hydrogen-bond acceptors (Lipinski definition) is 3. The lowest BCUT2D eigenvalue weighted by atomic mass is 10.4. The van der Waals surface area contributed by atoms with E-state index in [0.29, 0.717) is 11.2 Å². The number of hydroxylamine groups is 1. The van der Waals surface area contributed by atoms with E-state index in [-0.39, 0.29) is 11.7 Å². The lowest BCUT2D eigenvalue weighted by Gasteiger charge is -2.08. The Kier molecular flexibility index (Phi) is 4.92. The fourth-order valence-electron chi connectivity index (χ4n) is 0.434. The average molecular weight is 268 g/mol. The topological polar surface area (TPSA) is 74.6 Å². The Morgan fingerprint density at radius 1 is 1.73 bits per heavy atom. The van der Waals surface area contributed by atoms with Gasteiger partial charge in [0.05, 0.1) is 0 Å². The van der Waals surface area contributed by atoms with Crippen molar-refractivity contribution in [2.45, 2.75) is 20.3 Å². The fourth-order valence-corrected chi connectivity index (χ4v) is 0.746. The smallest absolute Gasteiger partial charge is 0.262 e. The van der Waals surface area contributed by atoms with Gasteiger partial charge in [-0.2, -0.15) is 5.41 Å². The molecule has 62 valence electrons. The highest BCUT2D eigenvalue weighted by Crippen LogP contribution is 1.91. The summed E-state index contributed by atoms with van der Waals surface area (Å²) in [5.41, 5.74) is 0. The normalized spacial score (nSPS) is 13.4. The summed E-state index contributed by atoms with van der Waals surface area (Å²) in [6.07, 6.45) is 0.400. The molecule has 0 unspecified atom stereocenters. The van der Waals surface area contributed by atoms with E-state index >= 15 is 0 Å². The molecule has 1 N–H and O–H groups in total. The Balaban J connectivity index is 4.51. The van der Waals surface area contributed by atoms with Gasteiger partial charge in [0.2, 0.25) is 5.84 Å². The second kappa shape index (κ2) is 5.16. The predicted octanol–water partition coefficient (Wildman–Crippen LogP) is 2.10. The van der Waals surface area contributed by atoms with E-state index in [0.717, 1.165) is 0 Å². The van der Waals surface area contributed by atoms with Gasteiger partial charge in [0.15, 0.2) is 0 Å². The Hall–Kier alpha value is -0.530. The quantitative estimate of drug-likeness (QED) is 0.148. The van der Waals surface area contributed by atoms with Gasteiger partial charge in [0.1, 0.15) is 22.9 Å². The lowest BCUT2D eigenvalue weighted by Crippen LogP contribution is -2.17. The highest BCUT2D eigenvalue weighted by Gasteiger charge is 2.02. The molecule has 0 atom stereocenters. The first-order chi connectivity index (χ1) is 5.13. The van der Waals surface area contributed by atoms with Gasteiger partial charge >= 0.3 is 0 Å². The lowest BCUT2D eigenvalue weighted by molar-refractivity contribution is -0.331. The van der Waals surface area contributed by atoms with Crippen LogP contribution in [0.15, 0.2) is 8.44 Å². The molecule has 6 heteroatoms. The van der Waals surface area contributed by atoms with Crippen LogP contribution in [0.3, 0.4) is 0 Å². The van der Waals surface area contributed by atoms with Crippen molar-refractivity contribution in [2.75, 3.05) is 0 Å². The molecule has 0 aromatic rings. The van der Waals surface area contributed by atoms with Crippen molar-refractivity contribution in [3.8, 4) is 0 Å². The Labute approximate surface area is 78.8 Å². The van der Waals surface area contributed by atoms with Crippen LogP contribution >= 0.6 is 22.9 Å². The number of hydrogen-bond donors (Lipinski definition) is 1. The molecule has 0 aliphatic rings. The number of amidine groups is 2. The SMILES string of the molecule is CCC(=N)/[N+]([O-])=C(\C)N=NI. The average Bonchev–Trinajstić information content (AvgIpc) is 2.02. The van der Waals surface area contributed by atoms with Gasteiger partial charge < -0.3 is 5.21 Å². The van der Waals surface area contributed by atoms with E-state index < -0.39 is 0 Å². The van der Waals surface area contributed by atoms with Gasteiger partial charge in [-0.15, -0.1) is 0 Å². The van der Waals surface area contributed by atoms with Gasteiger partial charge in [-0.3, -0.25) is 0 Å². The van der Waals surface area contributed by atoms with Gasteiger partial charge in [0, 0.05) is 18.5 Å². The molecule has 0 heterocycles. The van der Waals surface area contributed by atoms with Crippen LogP contribution in [0, 0.1) is 10.6 Å². The van der Waals surface area contributed by atoms with Gasteiger partial charge in [-0.1, -0.05) is 6.92 Å². The number of nitrogens with one attached hydrogen (secondary N) is 1. The minimum Gasteiger partial charge on any atom is -0.740 e. The first kappa shape index (κ1) is 10.5. The predicted molar refractivity (Wildman–Crippen MR) is 51.2 cm³/mol. The van der Waals surface area contributed by atoms with Gasteiger partial charge in [-0.05, 0) is 3.33 Å². The summed E-state index contributed by atoms with van der Waals surface area (Å²) in [6.45, 7) is 3.25. The van der Waals surface area contributed by atoms with E-state index in [2.05, 4.69) is 8.44 Å². The van der Waals surface area contributed by atoms with Crippen molar-refractivity contribution in [1.82, 2.24) is 0 Å². The monoisotopic (exact) mass is 268 g/mol. The van der Waals surface area contributed by atoms with Crippen molar-refractivity contribution in [3.63, 3.8) is 0 Å². The molecule has 0 spiro atoms. The summed E-state index contributed by atoms with van der Waals surface area (Å²) in [6, 6.07) is 0. The van der Waals surface area contributed by atoms with Crippen molar-refractivity contribution in [2.24, 2.45) is 8.44 Å². The minimum atomic E-state index is -0.00806. The third-order valence-electron chi connectivity index (χ3n) is 1.06. The third-order valence-corrected chi connectivity index (χ3v) is 1.27. The zero-order valence-corrected chi connectivity index (χ0v) is 8.49. The first-order valence-electron chi connectivity index (χ1n) is 3.03. The molecule has 0 amide bonds. The molecule has 0 rings (SSSR count).